The van der Waals surface area contributed by atoms with Gasteiger partial charge >= 0.3 is 0 Å². The highest BCUT2D eigenvalue weighted by Gasteiger charge is 2.30. The fourth-order valence-corrected chi connectivity index (χ4v) is 3.71. The standard InChI is InChI=1S/C18H22N2O3/c1-22-15-2-3-16-17(10-15)23-12-13(18(16)21)11-20-9-8-19-6-4-14(20)5-7-19/h2-3,10-11,14H,4-9,12H2,1H3/b13-11+. The molecule has 1 aromatic carbocycles. The summed E-state index contributed by atoms with van der Waals surface area (Å²) in [5, 5.41) is 0. The van der Waals surface area contributed by atoms with Crippen LogP contribution in [-0.2, 0) is 0 Å². The minimum absolute atomic E-state index is 0.0769. The number of carbonyl (C=O) groups excluding carboxylic acids is 1. The van der Waals surface area contributed by atoms with Crippen molar-refractivity contribution in [2.24, 2.45) is 0 Å². The van der Waals surface area contributed by atoms with Crippen LogP contribution in [0.2, 0.25) is 0 Å². The van der Waals surface area contributed by atoms with Gasteiger partial charge in [0.15, 0.2) is 5.78 Å². The third-order valence-electron chi connectivity index (χ3n) is 5.13. The van der Waals surface area contributed by atoms with Crippen LogP contribution in [0.5, 0.6) is 11.5 Å². The zero-order valence-electron chi connectivity index (χ0n) is 13.5. The van der Waals surface area contributed by atoms with Crippen LogP contribution in [0, 0.1) is 0 Å². The summed E-state index contributed by atoms with van der Waals surface area (Å²) in [5.74, 6) is 1.41. The van der Waals surface area contributed by atoms with Gasteiger partial charge in [0.05, 0.1) is 18.2 Å². The molecule has 23 heavy (non-hydrogen) atoms. The number of ketones is 1. The van der Waals surface area contributed by atoms with E-state index in [1.165, 1.54) is 25.9 Å². The van der Waals surface area contributed by atoms with Crippen molar-refractivity contribution in [1.82, 2.24) is 9.80 Å². The van der Waals surface area contributed by atoms with Crippen LogP contribution >= 0.6 is 0 Å². The maximum Gasteiger partial charge on any atom is 0.197 e. The van der Waals surface area contributed by atoms with E-state index in [1.54, 1.807) is 19.2 Å². The third-order valence-corrected chi connectivity index (χ3v) is 5.13. The maximum atomic E-state index is 12.8. The Bertz CT molecular complexity index is 648. The van der Waals surface area contributed by atoms with Crippen molar-refractivity contribution >= 4 is 5.78 Å². The molecule has 0 radical (unpaired) electrons. The van der Waals surface area contributed by atoms with Crippen molar-refractivity contribution in [3.05, 3.63) is 35.5 Å². The van der Waals surface area contributed by atoms with Gasteiger partial charge in [-0.15, -0.1) is 0 Å². The summed E-state index contributed by atoms with van der Waals surface area (Å²) in [7, 11) is 1.61. The van der Waals surface area contributed by atoms with Gasteiger partial charge in [-0.25, -0.2) is 0 Å². The summed E-state index contributed by atoms with van der Waals surface area (Å²) in [5.41, 5.74) is 1.38. The number of rotatable bonds is 2. The highest BCUT2D eigenvalue weighted by molar-refractivity contribution is 6.11. The molecule has 2 bridgehead atoms. The van der Waals surface area contributed by atoms with E-state index in [4.69, 9.17) is 9.47 Å². The number of piperidine rings is 1. The van der Waals surface area contributed by atoms with Crippen LogP contribution in [-0.4, -0.2) is 61.5 Å². The second-order valence-corrected chi connectivity index (χ2v) is 6.44. The number of fused-ring (bicyclic) bond motifs is 5. The molecule has 0 atom stereocenters. The second kappa shape index (κ2) is 5.89. The molecule has 4 aliphatic rings. The topological polar surface area (TPSA) is 42.0 Å². The quantitative estimate of drug-likeness (QED) is 0.780. The molecule has 4 aliphatic heterocycles. The first-order valence-corrected chi connectivity index (χ1v) is 8.29. The summed E-state index contributed by atoms with van der Waals surface area (Å²) >= 11 is 0. The molecule has 0 unspecified atom stereocenters. The molecule has 0 aromatic heterocycles. The molecule has 4 heterocycles. The number of Topliss-reactive ketones (excluding diaryl/α,β-unsaturated/α-hetero) is 1. The number of hydrogen-bond donors (Lipinski definition) is 0. The summed E-state index contributed by atoms with van der Waals surface area (Å²) in [4.78, 5) is 17.6. The Labute approximate surface area is 136 Å². The Morgan fingerprint density at radius 1 is 1.22 bits per heavy atom. The van der Waals surface area contributed by atoms with E-state index in [2.05, 4.69) is 16.0 Å². The van der Waals surface area contributed by atoms with Crippen molar-refractivity contribution < 1.29 is 14.3 Å². The largest absolute Gasteiger partial charge is 0.497 e. The van der Waals surface area contributed by atoms with E-state index in [0.717, 1.165) is 18.7 Å². The van der Waals surface area contributed by atoms with Gasteiger partial charge in [0.1, 0.15) is 18.1 Å². The van der Waals surface area contributed by atoms with Gasteiger partial charge in [-0.2, -0.15) is 0 Å². The summed E-state index contributed by atoms with van der Waals surface area (Å²) in [6.07, 6.45) is 4.42. The van der Waals surface area contributed by atoms with Crippen LogP contribution in [0.3, 0.4) is 0 Å². The molecule has 0 amide bonds. The molecule has 1 aromatic rings. The van der Waals surface area contributed by atoms with Crippen LogP contribution < -0.4 is 9.47 Å². The fourth-order valence-electron chi connectivity index (χ4n) is 3.71. The molecule has 3 saturated heterocycles. The average molecular weight is 314 g/mol. The maximum absolute atomic E-state index is 12.8. The van der Waals surface area contributed by atoms with E-state index < -0.39 is 0 Å². The Morgan fingerprint density at radius 2 is 2.04 bits per heavy atom. The first kappa shape index (κ1) is 14.6. The van der Waals surface area contributed by atoms with Gasteiger partial charge in [0, 0.05) is 44.5 Å². The lowest BCUT2D eigenvalue weighted by Crippen LogP contribution is -2.36. The lowest BCUT2D eigenvalue weighted by atomic mass is 10.00. The average Bonchev–Trinajstić information content (AvgIpc) is 2.90. The van der Waals surface area contributed by atoms with Gasteiger partial charge in [-0.05, 0) is 25.0 Å². The van der Waals surface area contributed by atoms with Gasteiger partial charge in [0.2, 0.25) is 0 Å². The van der Waals surface area contributed by atoms with Crippen LogP contribution in [0.25, 0.3) is 0 Å². The molecule has 0 aliphatic carbocycles. The normalized spacial score (nSPS) is 28.3. The van der Waals surface area contributed by atoms with Gasteiger partial charge in [-0.1, -0.05) is 0 Å². The zero-order chi connectivity index (χ0) is 15.8. The molecular formula is C18H22N2O3. The highest BCUT2D eigenvalue weighted by atomic mass is 16.5. The predicted molar refractivity (Wildman–Crippen MR) is 87.1 cm³/mol. The first-order valence-electron chi connectivity index (χ1n) is 8.29. The minimum Gasteiger partial charge on any atom is -0.497 e. The summed E-state index contributed by atoms with van der Waals surface area (Å²) < 4.78 is 11.0. The number of nitrogens with zero attached hydrogens (tertiary/aromatic N) is 2. The molecule has 3 fully saturated rings. The van der Waals surface area contributed by atoms with Crippen molar-refractivity contribution in [1.29, 1.82) is 0 Å². The fraction of sp³-hybridized carbons (Fsp3) is 0.500. The lowest BCUT2D eigenvalue weighted by molar-refractivity contribution is 0.0994. The first-order chi connectivity index (χ1) is 11.2. The number of carbonyl (C=O) groups is 1. The lowest BCUT2D eigenvalue weighted by Gasteiger charge is -2.31. The second-order valence-electron chi connectivity index (χ2n) is 6.44. The van der Waals surface area contributed by atoms with Crippen molar-refractivity contribution in [3.8, 4) is 11.5 Å². The van der Waals surface area contributed by atoms with E-state index >= 15 is 0 Å². The summed E-state index contributed by atoms with van der Waals surface area (Å²) in [6.45, 7) is 4.78. The molecule has 5 heteroatoms. The molecule has 0 saturated carbocycles. The third kappa shape index (κ3) is 2.70. The summed E-state index contributed by atoms with van der Waals surface area (Å²) in [6, 6.07) is 5.95. The Balaban J connectivity index is 1.59. The SMILES string of the molecule is COc1ccc2c(c1)OC/C(=C\N1CCN3CCC1CC3)C2=O. The highest BCUT2D eigenvalue weighted by Crippen LogP contribution is 2.31. The smallest absolute Gasteiger partial charge is 0.197 e. The number of hydrogen-bond acceptors (Lipinski definition) is 5. The van der Waals surface area contributed by atoms with Gasteiger partial charge < -0.3 is 19.3 Å². The van der Waals surface area contributed by atoms with Crippen molar-refractivity contribution in [2.75, 3.05) is 39.9 Å². The molecule has 0 spiro atoms. The molecular weight excluding hydrogens is 292 g/mol. The molecule has 0 N–H and O–H groups in total. The minimum atomic E-state index is 0.0769. The number of methoxy groups -OCH3 is 1. The predicted octanol–water partition coefficient (Wildman–Crippen LogP) is 1.93. The monoisotopic (exact) mass is 314 g/mol. The van der Waals surface area contributed by atoms with Gasteiger partial charge in [-0.3, -0.25) is 4.79 Å². The van der Waals surface area contributed by atoms with Gasteiger partial charge in [0.25, 0.3) is 0 Å². The Kier molecular flexibility index (Phi) is 3.73. The molecule has 5 rings (SSSR count). The molecule has 5 nitrogen and oxygen atoms in total. The van der Waals surface area contributed by atoms with Crippen molar-refractivity contribution in [2.45, 2.75) is 18.9 Å². The Hall–Kier alpha value is -2.01. The van der Waals surface area contributed by atoms with Crippen molar-refractivity contribution in [3.63, 3.8) is 0 Å². The van der Waals surface area contributed by atoms with Crippen LogP contribution in [0.4, 0.5) is 0 Å². The van der Waals surface area contributed by atoms with E-state index in [0.29, 0.717) is 29.7 Å². The van der Waals surface area contributed by atoms with E-state index in [9.17, 15) is 4.79 Å². The number of ether oxygens (including phenoxy) is 2. The molecule has 122 valence electrons. The zero-order valence-corrected chi connectivity index (χ0v) is 13.5. The Morgan fingerprint density at radius 3 is 2.83 bits per heavy atom. The van der Waals surface area contributed by atoms with Crippen LogP contribution in [0.15, 0.2) is 30.0 Å². The number of benzene rings is 1. The van der Waals surface area contributed by atoms with E-state index in [-0.39, 0.29) is 5.78 Å². The van der Waals surface area contributed by atoms with E-state index in [1.807, 2.05) is 6.07 Å². The van der Waals surface area contributed by atoms with Crippen LogP contribution in [0.1, 0.15) is 23.2 Å².